The summed E-state index contributed by atoms with van der Waals surface area (Å²) < 4.78 is 0. The molecule has 0 fully saturated rings. The first kappa shape index (κ1) is 12.6. The molecule has 0 saturated heterocycles. The van der Waals surface area contributed by atoms with Gasteiger partial charge >= 0.3 is 0 Å². The molecule has 2 aliphatic rings. The largest absolute Gasteiger partial charge is 0.292 e. The number of carbonyl (C=O) groups excluding carboxylic acids is 1. The molecule has 1 aliphatic carbocycles. The summed E-state index contributed by atoms with van der Waals surface area (Å²) in [6, 6.07) is 0. The van der Waals surface area contributed by atoms with Gasteiger partial charge in [0.1, 0.15) is 0 Å². The number of hydrogen-bond donors (Lipinski definition) is 0. The fraction of sp³-hybridized carbons (Fsp3) is 0.571. The average molecular weight is 252 g/mol. The third-order valence-electron chi connectivity index (χ3n) is 4.13. The molecule has 0 spiro atoms. The summed E-state index contributed by atoms with van der Waals surface area (Å²) in [4.78, 5) is 15.9. The Morgan fingerprint density at radius 3 is 2.71 bits per heavy atom. The molecule has 17 heavy (non-hydrogen) atoms. The molecule has 0 aromatic carbocycles. The Kier molecular flexibility index (Phi) is 3.26. The van der Waals surface area contributed by atoms with Crippen LogP contribution in [0.2, 0.25) is 0 Å². The first-order valence-electron chi connectivity index (χ1n) is 6.03. The lowest BCUT2D eigenvalue weighted by molar-refractivity contribution is -0.113. The lowest BCUT2D eigenvalue weighted by Gasteiger charge is -2.28. The molecule has 2 nitrogen and oxygen atoms in total. The zero-order chi connectivity index (χ0) is 12.7. The molecule has 3 unspecified atom stereocenters. The highest BCUT2D eigenvalue weighted by atomic mass is 35.5. The molecular formula is C14H18ClNO. The van der Waals surface area contributed by atoms with E-state index in [4.69, 9.17) is 11.6 Å². The normalized spacial score (nSPS) is 29.7. The SMILES string of the molecule is CC1=CC2CN=C(C(C)C(=O)Cl)C2C(C)=C1C. The predicted octanol–water partition coefficient (Wildman–Crippen LogP) is 3.37. The van der Waals surface area contributed by atoms with Crippen LogP contribution in [0.1, 0.15) is 27.7 Å². The van der Waals surface area contributed by atoms with Crippen molar-refractivity contribution in [1.82, 2.24) is 0 Å². The highest BCUT2D eigenvalue weighted by Crippen LogP contribution is 2.39. The summed E-state index contributed by atoms with van der Waals surface area (Å²) in [6.07, 6.45) is 2.29. The molecule has 3 atom stereocenters. The molecule has 1 aliphatic heterocycles. The second kappa shape index (κ2) is 4.41. The van der Waals surface area contributed by atoms with Crippen molar-refractivity contribution in [2.45, 2.75) is 27.7 Å². The Morgan fingerprint density at radius 1 is 1.47 bits per heavy atom. The molecule has 0 radical (unpaired) electrons. The van der Waals surface area contributed by atoms with Crippen LogP contribution >= 0.6 is 11.6 Å². The van der Waals surface area contributed by atoms with Gasteiger partial charge in [0.25, 0.3) is 0 Å². The minimum atomic E-state index is -0.305. The summed E-state index contributed by atoms with van der Waals surface area (Å²) in [6.45, 7) is 9.07. The third-order valence-corrected chi connectivity index (χ3v) is 4.46. The maximum atomic E-state index is 11.3. The van der Waals surface area contributed by atoms with Gasteiger partial charge in [0.2, 0.25) is 5.24 Å². The number of rotatable bonds is 2. The van der Waals surface area contributed by atoms with E-state index in [1.54, 1.807) is 0 Å². The Morgan fingerprint density at radius 2 is 2.12 bits per heavy atom. The Hall–Kier alpha value is -0.890. The van der Waals surface area contributed by atoms with E-state index in [0.717, 1.165) is 12.3 Å². The van der Waals surface area contributed by atoms with Gasteiger partial charge in [0, 0.05) is 24.1 Å². The maximum absolute atomic E-state index is 11.3. The first-order valence-corrected chi connectivity index (χ1v) is 6.41. The summed E-state index contributed by atoms with van der Waals surface area (Å²) >= 11 is 5.60. The number of nitrogens with zero attached hydrogens (tertiary/aromatic N) is 1. The molecule has 0 aromatic heterocycles. The second-order valence-corrected chi connectivity index (χ2v) is 5.46. The molecule has 92 valence electrons. The Balaban J connectivity index is 2.36. The van der Waals surface area contributed by atoms with E-state index in [1.165, 1.54) is 16.7 Å². The van der Waals surface area contributed by atoms with E-state index in [1.807, 2.05) is 6.92 Å². The van der Waals surface area contributed by atoms with E-state index in [2.05, 4.69) is 31.8 Å². The van der Waals surface area contributed by atoms with Gasteiger partial charge in [-0.05, 0) is 44.9 Å². The average Bonchev–Trinajstić information content (AvgIpc) is 2.68. The monoisotopic (exact) mass is 251 g/mol. The highest BCUT2D eigenvalue weighted by molar-refractivity contribution is 6.65. The van der Waals surface area contributed by atoms with Crippen LogP contribution in [-0.2, 0) is 4.79 Å². The van der Waals surface area contributed by atoms with Gasteiger partial charge in [0.15, 0.2) is 0 Å². The molecular weight excluding hydrogens is 234 g/mol. The van der Waals surface area contributed by atoms with Gasteiger partial charge in [-0.15, -0.1) is 0 Å². The van der Waals surface area contributed by atoms with E-state index in [-0.39, 0.29) is 17.1 Å². The van der Waals surface area contributed by atoms with Crippen molar-refractivity contribution in [2.75, 3.05) is 6.54 Å². The molecule has 2 rings (SSSR count). The van der Waals surface area contributed by atoms with Crippen LogP contribution < -0.4 is 0 Å². The minimum Gasteiger partial charge on any atom is -0.292 e. The standard InChI is InChI=1S/C14H18ClNO/c1-7-5-11-6-16-13(10(4)14(15)17)12(11)9(3)8(7)2/h5,10-12H,6H2,1-4H3. The van der Waals surface area contributed by atoms with Crippen molar-refractivity contribution < 1.29 is 4.79 Å². The van der Waals surface area contributed by atoms with E-state index >= 15 is 0 Å². The van der Waals surface area contributed by atoms with Crippen LogP contribution in [0.25, 0.3) is 0 Å². The zero-order valence-corrected chi connectivity index (χ0v) is 11.5. The van der Waals surface area contributed by atoms with Crippen LogP contribution in [-0.4, -0.2) is 17.5 Å². The van der Waals surface area contributed by atoms with Gasteiger partial charge in [-0.2, -0.15) is 0 Å². The molecule has 3 heteroatoms. The maximum Gasteiger partial charge on any atom is 0.230 e. The number of halogens is 1. The predicted molar refractivity (Wildman–Crippen MR) is 71.4 cm³/mol. The quantitative estimate of drug-likeness (QED) is 0.692. The fourth-order valence-electron chi connectivity index (χ4n) is 2.84. The van der Waals surface area contributed by atoms with Crippen molar-refractivity contribution in [1.29, 1.82) is 0 Å². The smallest absolute Gasteiger partial charge is 0.230 e. The lowest BCUT2D eigenvalue weighted by Crippen LogP contribution is -2.29. The Bertz CT molecular complexity index is 459. The van der Waals surface area contributed by atoms with Gasteiger partial charge < -0.3 is 0 Å². The number of fused-ring (bicyclic) bond motifs is 1. The van der Waals surface area contributed by atoms with Crippen LogP contribution in [0.3, 0.4) is 0 Å². The van der Waals surface area contributed by atoms with Crippen molar-refractivity contribution in [3.05, 3.63) is 22.8 Å². The van der Waals surface area contributed by atoms with Crippen molar-refractivity contribution in [3.63, 3.8) is 0 Å². The van der Waals surface area contributed by atoms with Crippen molar-refractivity contribution in [3.8, 4) is 0 Å². The van der Waals surface area contributed by atoms with Crippen LogP contribution in [0.4, 0.5) is 0 Å². The van der Waals surface area contributed by atoms with Gasteiger partial charge in [-0.3, -0.25) is 9.79 Å². The van der Waals surface area contributed by atoms with Crippen LogP contribution in [0.5, 0.6) is 0 Å². The van der Waals surface area contributed by atoms with Crippen LogP contribution in [0.15, 0.2) is 27.8 Å². The summed E-state index contributed by atoms with van der Waals surface area (Å²) in [5.74, 6) is 0.449. The third kappa shape index (κ3) is 1.99. The minimum absolute atomic E-state index is 0.263. The number of aliphatic imine (C=N–C) groups is 1. The van der Waals surface area contributed by atoms with E-state index in [0.29, 0.717) is 5.92 Å². The Labute approximate surface area is 107 Å². The molecule has 0 saturated carbocycles. The summed E-state index contributed by atoms with van der Waals surface area (Å²) in [5, 5.41) is -0.305. The van der Waals surface area contributed by atoms with Gasteiger partial charge in [-0.25, -0.2) is 0 Å². The lowest BCUT2D eigenvalue weighted by atomic mass is 9.74. The summed E-state index contributed by atoms with van der Waals surface area (Å²) in [5.41, 5.74) is 4.98. The van der Waals surface area contributed by atoms with E-state index < -0.39 is 0 Å². The van der Waals surface area contributed by atoms with Crippen molar-refractivity contribution in [2.24, 2.45) is 22.7 Å². The van der Waals surface area contributed by atoms with E-state index in [9.17, 15) is 4.79 Å². The molecule has 1 heterocycles. The van der Waals surface area contributed by atoms with Crippen LogP contribution in [0, 0.1) is 17.8 Å². The molecule has 0 amide bonds. The zero-order valence-electron chi connectivity index (χ0n) is 10.7. The molecule has 0 aromatic rings. The van der Waals surface area contributed by atoms with Gasteiger partial charge in [0.05, 0.1) is 5.92 Å². The number of carbonyl (C=O) groups is 1. The van der Waals surface area contributed by atoms with Crippen molar-refractivity contribution >= 4 is 22.6 Å². The second-order valence-electron chi connectivity index (χ2n) is 5.09. The fourth-order valence-corrected chi connectivity index (χ4v) is 2.95. The summed E-state index contributed by atoms with van der Waals surface area (Å²) in [7, 11) is 0. The highest BCUT2D eigenvalue weighted by Gasteiger charge is 2.38. The number of hydrogen-bond acceptors (Lipinski definition) is 2. The first-order chi connectivity index (χ1) is 7.93. The molecule has 0 N–H and O–H groups in total. The molecule has 0 bridgehead atoms. The number of allylic oxidation sites excluding steroid dienone is 3. The van der Waals surface area contributed by atoms with Gasteiger partial charge in [-0.1, -0.05) is 17.2 Å². The topological polar surface area (TPSA) is 29.4 Å².